The zero-order valence-corrected chi connectivity index (χ0v) is 18.4. The lowest BCUT2D eigenvalue weighted by Crippen LogP contribution is -2.47. The number of aromatic nitrogens is 2. The number of likely N-dealkylation sites (tertiary alicyclic amines) is 1. The van der Waals surface area contributed by atoms with Gasteiger partial charge in [0.25, 0.3) is 0 Å². The molecular formula is C22H36N4O3. The summed E-state index contributed by atoms with van der Waals surface area (Å²) in [6.07, 6.45) is 2.79. The van der Waals surface area contributed by atoms with Crippen LogP contribution in [0.4, 0.5) is 0 Å². The number of morpholine rings is 1. The first-order valence-electron chi connectivity index (χ1n) is 11.0. The average Bonchev–Trinajstić information content (AvgIpc) is 2.98. The summed E-state index contributed by atoms with van der Waals surface area (Å²) in [6, 6.07) is 0. The molecule has 2 saturated heterocycles. The summed E-state index contributed by atoms with van der Waals surface area (Å²) in [7, 11) is 0. The second-order valence-electron chi connectivity index (χ2n) is 8.82. The molecule has 2 aliphatic rings. The first kappa shape index (κ1) is 21.8. The highest BCUT2D eigenvalue weighted by Gasteiger charge is 2.30. The molecule has 3 heterocycles. The first-order valence-corrected chi connectivity index (χ1v) is 11.0. The molecule has 7 heteroatoms. The fourth-order valence-corrected chi connectivity index (χ4v) is 4.43. The van der Waals surface area contributed by atoms with Gasteiger partial charge in [0.05, 0.1) is 18.9 Å². The molecule has 0 bridgehead atoms. The van der Waals surface area contributed by atoms with Gasteiger partial charge in [-0.05, 0) is 44.6 Å². The quantitative estimate of drug-likeness (QED) is 0.729. The van der Waals surface area contributed by atoms with Gasteiger partial charge in [0, 0.05) is 50.8 Å². The van der Waals surface area contributed by atoms with Gasteiger partial charge in [-0.1, -0.05) is 13.8 Å². The molecule has 0 N–H and O–H groups in total. The maximum Gasteiger partial charge on any atom is 0.225 e. The van der Waals surface area contributed by atoms with E-state index in [1.165, 1.54) is 11.3 Å². The summed E-state index contributed by atoms with van der Waals surface area (Å²) in [5.74, 6) is 1.03. The molecule has 0 spiro atoms. The second kappa shape index (κ2) is 9.74. The summed E-state index contributed by atoms with van der Waals surface area (Å²) in [5.41, 5.74) is 3.42. The number of nitrogens with zero attached hydrogens (tertiary/aromatic N) is 4. The standard InChI is InChI=1S/C22H36N4O3/c1-16(2)15-26-18(4)20(17(3)23-26)5-6-21(27)24-9-7-19(8-10-24)22(28)25-11-13-29-14-12-25/h16,19H,5-15H2,1-4H3. The number of piperidine rings is 1. The molecule has 2 fully saturated rings. The number of hydrogen-bond acceptors (Lipinski definition) is 4. The van der Waals surface area contributed by atoms with Gasteiger partial charge >= 0.3 is 0 Å². The number of amides is 2. The van der Waals surface area contributed by atoms with Crippen LogP contribution in [0.15, 0.2) is 0 Å². The summed E-state index contributed by atoms with van der Waals surface area (Å²) in [5, 5.41) is 4.66. The van der Waals surface area contributed by atoms with Gasteiger partial charge in [-0.25, -0.2) is 0 Å². The monoisotopic (exact) mass is 404 g/mol. The van der Waals surface area contributed by atoms with Gasteiger partial charge in [-0.15, -0.1) is 0 Å². The number of carbonyl (C=O) groups is 2. The van der Waals surface area contributed by atoms with Crippen LogP contribution in [0, 0.1) is 25.7 Å². The van der Waals surface area contributed by atoms with Gasteiger partial charge in [-0.2, -0.15) is 5.10 Å². The van der Waals surface area contributed by atoms with Crippen molar-refractivity contribution in [2.75, 3.05) is 39.4 Å². The third-order valence-electron chi connectivity index (χ3n) is 6.18. The molecule has 162 valence electrons. The van der Waals surface area contributed by atoms with Gasteiger partial charge in [0.2, 0.25) is 11.8 Å². The van der Waals surface area contributed by atoms with E-state index in [1.54, 1.807) is 0 Å². The maximum atomic E-state index is 12.7. The summed E-state index contributed by atoms with van der Waals surface area (Å²) >= 11 is 0. The van der Waals surface area contributed by atoms with Crippen LogP contribution in [0.5, 0.6) is 0 Å². The molecule has 7 nitrogen and oxygen atoms in total. The molecule has 0 aromatic carbocycles. The van der Waals surface area contributed by atoms with E-state index in [-0.39, 0.29) is 17.7 Å². The van der Waals surface area contributed by atoms with E-state index < -0.39 is 0 Å². The third kappa shape index (κ3) is 5.38. The van der Waals surface area contributed by atoms with E-state index >= 15 is 0 Å². The van der Waals surface area contributed by atoms with E-state index in [1.807, 2.05) is 16.7 Å². The minimum atomic E-state index is 0.0518. The molecule has 0 radical (unpaired) electrons. The van der Waals surface area contributed by atoms with Crippen molar-refractivity contribution in [1.82, 2.24) is 19.6 Å². The Balaban J connectivity index is 1.48. The van der Waals surface area contributed by atoms with Crippen molar-refractivity contribution in [2.24, 2.45) is 11.8 Å². The van der Waals surface area contributed by atoms with Crippen LogP contribution in [0.3, 0.4) is 0 Å². The van der Waals surface area contributed by atoms with Gasteiger partial charge in [-0.3, -0.25) is 14.3 Å². The number of ether oxygens (including phenoxy) is 1. The zero-order chi connectivity index (χ0) is 21.0. The highest BCUT2D eigenvalue weighted by Crippen LogP contribution is 2.22. The molecule has 2 amide bonds. The Morgan fingerprint density at radius 2 is 1.72 bits per heavy atom. The number of rotatable bonds is 6. The van der Waals surface area contributed by atoms with Crippen LogP contribution in [-0.4, -0.2) is 70.8 Å². The maximum absolute atomic E-state index is 12.7. The molecule has 1 aromatic heterocycles. The van der Waals surface area contributed by atoms with Crippen molar-refractivity contribution in [1.29, 1.82) is 0 Å². The fraction of sp³-hybridized carbons (Fsp3) is 0.773. The van der Waals surface area contributed by atoms with Crippen molar-refractivity contribution in [2.45, 2.75) is 59.9 Å². The highest BCUT2D eigenvalue weighted by atomic mass is 16.5. The van der Waals surface area contributed by atoms with Crippen LogP contribution in [0.1, 0.15) is 50.1 Å². The van der Waals surface area contributed by atoms with Crippen LogP contribution >= 0.6 is 0 Å². The molecule has 0 atom stereocenters. The fourth-order valence-electron chi connectivity index (χ4n) is 4.43. The van der Waals surface area contributed by atoms with Crippen molar-refractivity contribution in [3.8, 4) is 0 Å². The lowest BCUT2D eigenvalue weighted by Gasteiger charge is -2.35. The minimum absolute atomic E-state index is 0.0518. The number of hydrogen-bond donors (Lipinski definition) is 0. The zero-order valence-electron chi connectivity index (χ0n) is 18.4. The van der Waals surface area contributed by atoms with E-state index in [9.17, 15) is 9.59 Å². The van der Waals surface area contributed by atoms with Gasteiger partial charge < -0.3 is 14.5 Å². The predicted octanol–water partition coefficient (Wildman–Crippen LogP) is 2.19. The van der Waals surface area contributed by atoms with Crippen molar-refractivity contribution in [3.05, 3.63) is 17.0 Å². The Hall–Kier alpha value is -1.89. The van der Waals surface area contributed by atoms with Crippen molar-refractivity contribution in [3.63, 3.8) is 0 Å². The van der Waals surface area contributed by atoms with E-state index in [2.05, 4.69) is 30.6 Å². The first-order chi connectivity index (χ1) is 13.9. The number of carbonyl (C=O) groups excluding carboxylic acids is 2. The van der Waals surface area contributed by atoms with Crippen LogP contribution in [-0.2, 0) is 27.3 Å². The molecule has 0 aliphatic carbocycles. The summed E-state index contributed by atoms with van der Waals surface area (Å²) in [4.78, 5) is 29.3. The SMILES string of the molecule is Cc1nn(CC(C)C)c(C)c1CCC(=O)N1CCC(C(=O)N2CCOCC2)CC1. The lowest BCUT2D eigenvalue weighted by atomic mass is 9.94. The Bertz CT molecular complexity index is 714. The topological polar surface area (TPSA) is 67.7 Å². The normalized spacial score (nSPS) is 18.5. The van der Waals surface area contributed by atoms with Crippen LogP contribution in [0.25, 0.3) is 0 Å². The molecule has 2 aliphatic heterocycles. The van der Waals surface area contributed by atoms with Crippen molar-refractivity contribution >= 4 is 11.8 Å². The predicted molar refractivity (Wildman–Crippen MR) is 112 cm³/mol. The van der Waals surface area contributed by atoms with E-state index in [4.69, 9.17) is 4.74 Å². The van der Waals surface area contributed by atoms with Crippen LogP contribution in [0.2, 0.25) is 0 Å². The summed E-state index contributed by atoms with van der Waals surface area (Å²) in [6.45, 7) is 13.4. The smallest absolute Gasteiger partial charge is 0.225 e. The lowest BCUT2D eigenvalue weighted by molar-refractivity contribution is -0.143. The Labute approximate surface area is 174 Å². The molecule has 3 rings (SSSR count). The third-order valence-corrected chi connectivity index (χ3v) is 6.18. The summed E-state index contributed by atoms with van der Waals surface area (Å²) < 4.78 is 7.41. The largest absolute Gasteiger partial charge is 0.378 e. The molecule has 29 heavy (non-hydrogen) atoms. The van der Waals surface area contributed by atoms with Gasteiger partial charge in [0.1, 0.15) is 0 Å². The Morgan fingerprint density at radius 3 is 2.34 bits per heavy atom. The van der Waals surface area contributed by atoms with Gasteiger partial charge in [0.15, 0.2) is 0 Å². The van der Waals surface area contributed by atoms with E-state index in [0.717, 1.165) is 31.5 Å². The molecule has 0 unspecified atom stereocenters. The minimum Gasteiger partial charge on any atom is -0.378 e. The molecular weight excluding hydrogens is 368 g/mol. The second-order valence-corrected chi connectivity index (χ2v) is 8.82. The number of aryl methyl sites for hydroxylation is 1. The highest BCUT2D eigenvalue weighted by molar-refractivity contribution is 5.80. The van der Waals surface area contributed by atoms with Crippen molar-refractivity contribution < 1.29 is 14.3 Å². The molecule has 1 aromatic rings. The Morgan fingerprint density at radius 1 is 1.07 bits per heavy atom. The Kier molecular flexibility index (Phi) is 7.33. The average molecular weight is 405 g/mol. The molecule has 0 saturated carbocycles. The van der Waals surface area contributed by atoms with Crippen LogP contribution < -0.4 is 0 Å². The van der Waals surface area contributed by atoms with E-state index in [0.29, 0.717) is 51.7 Å².